The molecule has 140 valence electrons. The smallest absolute Gasteiger partial charge is 0.257 e. The van der Waals surface area contributed by atoms with Gasteiger partial charge in [-0.05, 0) is 56.5 Å². The summed E-state index contributed by atoms with van der Waals surface area (Å²) in [5.41, 5.74) is 2.97. The first-order valence-corrected chi connectivity index (χ1v) is 9.56. The Balaban J connectivity index is 1.35. The van der Waals surface area contributed by atoms with E-state index in [9.17, 15) is 4.79 Å². The number of aromatic nitrogens is 1. The molecule has 1 unspecified atom stereocenters. The number of hydrogen-bond donors (Lipinski definition) is 1. The summed E-state index contributed by atoms with van der Waals surface area (Å²) in [6.45, 7) is 5.58. The van der Waals surface area contributed by atoms with E-state index in [1.54, 1.807) is 12.3 Å². The van der Waals surface area contributed by atoms with Crippen molar-refractivity contribution in [2.24, 2.45) is 0 Å². The van der Waals surface area contributed by atoms with Crippen molar-refractivity contribution in [3.63, 3.8) is 0 Å². The number of piperidine rings is 1. The molecule has 0 aliphatic carbocycles. The summed E-state index contributed by atoms with van der Waals surface area (Å²) in [6.07, 6.45) is 5.33. The maximum Gasteiger partial charge on any atom is 0.257 e. The van der Waals surface area contributed by atoms with Gasteiger partial charge in [0, 0.05) is 36.8 Å². The quantitative estimate of drug-likeness (QED) is 0.758. The standard InChI is InChI=1S/C22H25N3O2/c1-15(17-5-6-21-18(14-17)4-3-10-23-21)24-19-7-11-25(12-8-19)22(26)20-9-13-27-16(20)2/h3-6,9-10,13-15,19,24H,7-8,11-12H2,1-2H3. The highest BCUT2D eigenvalue weighted by Gasteiger charge is 2.26. The van der Waals surface area contributed by atoms with Gasteiger partial charge in [0.05, 0.1) is 17.3 Å². The average Bonchev–Trinajstić information content (AvgIpc) is 3.13. The van der Waals surface area contributed by atoms with E-state index in [1.165, 1.54) is 10.9 Å². The number of rotatable bonds is 4. The molecule has 0 radical (unpaired) electrons. The fourth-order valence-electron chi connectivity index (χ4n) is 3.84. The van der Waals surface area contributed by atoms with Gasteiger partial charge in [-0.3, -0.25) is 9.78 Å². The molecule has 1 aromatic carbocycles. The van der Waals surface area contributed by atoms with Crippen molar-refractivity contribution in [3.05, 3.63) is 65.7 Å². The van der Waals surface area contributed by atoms with Gasteiger partial charge in [-0.15, -0.1) is 0 Å². The van der Waals surface area contributed by atoms with Gasteiger partial charge in [0.2, 0.25) is 0 Å². The van der Waals surface area contributed by atoms with Crippen molar-refractivity contribution < 1.29 is 9.21 Å². The van der Waals surface area contributed by atoms with Gasteiger partial charge in [0.25, 0.3) is 5.91 Å². The largest absolute Gasteiger partial charge is 0.469 e. The molecule has 0 spiro atoms. The zero-order valence-electron chi connectivity index (χ0n) is 15.8. The number of aryl methyl sites for hydroxylation is 1. The summed E-state index contributed by atoms with van der Waals surface area (Å²) in [4.78, 5) is 18.9. The topological polar surface area (TPSA) is 58.4 Å². The van der Waals surface area contributed by atoms with Crippen molar-refractivity contribution in [1.82, 2.24) is 15.2 Å². The van der Waals surface area contributed by atoms with Gasteiger partial charge in [0.1, 0.15) is 5.76 Å². The molecule has 1 aliphatic rings. The lowest BCUT2D eigenvalue weighted by Crippen LogP contribution is -2.45. The molecule has 5 nitrogen and oxygen atoms in total. The van der Waals surface area contributed by atoms with E-state index in [0.29, 0.717) is 17.4 Å². The van der Waals surface area contributed by atoms with Crippen LogP contribution in [0.25, 0.3) is 10.9 Å². The molecular formula is C22H25N3O2. The lowest BCUT2D eigenvalue weighted by atomic mass is 10.00. The Labute approximate surface area is 159 Å². The number of likely N-dealkylation sites (tertiary alicyclic amines) is 1. The molecule has 4 rings (SSSR count). The van der Waals surface area contributed by atoms with E-state index < -0.39 is 0 Å². The van der Waals surface area contributed by atoms with Crippen molar-refractivity contribution >= 4 is 16.8 Å². The van der Waals surface area contributed by atoms with Gasteiger partial charge < -0.3 is 14.6 Å². The average molecular weight is 363 g/mol. The van der Waals surface area contributed by atoms with Crippen LogP contribution >= 0.6 is 0 Å². The molecule has 0 bridgehead atoms. The minimum Gasteiger partial charge on any atom is -0.469 e. The molecule has 1 amide bonds. The minimum atomic E-state index is 0.0785. The Morgan fingerprint density at radius 1 is 1.26 bits per heavy atom. The van der Waals surface area contributed by atoms with E-state index in [2.05, 4.69) is 41.5 Å². The number of pyridine rings is 1. The molecule has 3 aromatic rings. The number of carbonyl (C=O) groups is 1. The van der Waals surface area contributed by atoms with Crippen molar-refractivity contribution in [1.29, 1.82) is 0 Å². The highest BCUT2D eigenvalue weighted by Crippen LogP contribution is 2.22. The van der Waals surface area contributed by atoms with Gasteiger partial charge in [0.15, 0.2) is 0 Å². The zero-order valence-corrected chi connectivity index (χ0v) is 15.8. The lowest BCUT2D eigenvalue weighted by molar-refractivity contribution is 0.0700. The molecule has 27 heavy (non-hydrogen) atoms. The maximum atomic E-state index is 12.6. The van der Waals surface area contributed by atoms with Gasteiger partial charge in [-0.2, -0.15) is 0 Å². The van der Waals surface area contributed by atoms with Crippen LogP contribution in [0.15, 0.2) is 53.3 Å². The Hall–Kier alpha value is -2.66. The third kappa shape index (κ3) is 3.74. The first-order valence-electron chi connectivity index (χ1n) is 9.56. The first-order chi connectivity index (χ1) is 13.1. The lowest BCUT2D eigenvalue weighted by Gasteiger charge is -2.34. The number of benzene rings is 1. The van der Waals surface area contributed by atoms with Crippen molar-refractivity contribution in [2.45, 2.75) is 38.8 Å². The Morgan fingerprint density at radius 2 is 2.07 bits per heavy atom. The van der Waals surface area contributed by atoms with E-state index >= 15 is 0 Å². The summed E-state index contributed by atoms with van der Waals surface area (Å²) in [7, 11) is 0. The monoisotopic (exact) mass is 363 g/mol. The number of fused-ring (bicyclic) bond motifs is 1. The fraction of sp³-hybridized carbons (Fsp3) is 0.364. The molecular weight excluding hydrogens is 338 g/mol. The molecule has 1 atom stereocenters. The second kappa shape index (κ2) is 7.53. The molecule has 1 aliphatic heterocycles. The summed E-state index contributed by atoms with van der Waals surface area (Å²) < 4.78 is 5.27. The van der Waals surface area contributed by atoms with Gasteiger partial charge in [-0.1, -0.05) is 12.1 Å². The van der Waals surface area contributed by atoms with E-state index in [-0.39, 0.29) is 11.9 Å². The molecule has 1 fully saturated rings. The third-order valence-corrected chi connectivity index (χ3v) is 5.48. The second-order valence-electron chi connectivity index (χ2n) is 7.30. The van der Waals surface area contributed by atoms with Crippen LogP contribution in [0.2, 0.25) is 0 Å². The predicted octanol–water partition coefficient (Wildman–Crippen LogP) is 4.09. The molecule has 3 heterocycles. The van der Waals surface area contributed by atoms with Crippen LogP contribution in [0.4, 0.5) is 0 Å². The summed E-state index contributed by atoms with van der Waals surface area (Å²) in [5, 5.41) is 4.89. The molecule has 1 saturated heterocycles. The maximum absolute atomic E-state index is 12.6. The van der Waals surface area contributed by atoms with E-state index in [1.807, 2.05) is 24.1 Å². The van der Waals surface area contributed by atoms with Crippen LogP contribution < -0.4 is 5.32 Å². The molecule has 5 heteroatoms. The minimum absolute atomic E-state index is 0.0785. The second-order valence-corrected chi connectivity index (χ2v) is 7.30. The Morgan fingerprint density at radius 3 is 2.81 bits per heavy atom. The highest BCUT2D eigenvalue weighted by molar-refractivity contribution is 5.95. The summed E-state index contributed by atoms with van der Waals surface area (Å²) in [6, 6.07) is 12.9. The van der Waals surface area contributed by atoms with Gasteiger partial charge in [-0.25, -0.2) is 0 Å². The third-order valence-electron chi connectivity index (χ3n) is 5.48. The molecule has 2 aromatic heterocycles. The fourth-order valence-corrected chi connectivity index (χ4v) is 3.84. The van der Waals surface area contributed by atoms with Crippen LogP contribution in [-0.4, -0.2) is 34.9 Å². The summed E-state index contributed by atoms with van der Waals surface area (Å²) in [5.74, 6) is 0.773. The number of nitrogens with zero attached hydrogens (tertiary/aromatic N) is 2. The van der Waals surface area contributed by atoms with Crippen LogP contribution in [0.5, 0.6) is 0 Å². The predicted molar refractivity (Wildman–Crippen MR) is 106 cm³/mol. The number of furan rings is 1. The van der Waals surface area contributed by atoms with Crippen molar-refractivity contribution in [3.8, 4) is 0 Å². The van der Waals surface area contributed by atoms with Gasteiger partial charge >= 0.3 is 0 Å². The normalized spacial score (nSPS) is 16.6. The Kier molecular flexibility index (Phi) is 4.94. The number of amides is 1. The molecule has 0 saturated carbocycles. The van der Waals surface area contributed by atoms with Crippen LogP contribution in [0, 0.1) is 6.92 Å². The molecule has 1 N–H and O–H groups in total. The van der Waals surface area contributed by atoms with E-state index in [4.69, 9.17) is 4.42 Å². The Bertz CT molecular complexity index is 941. The van der Waals surface area contributed by atoms with E-state index in [0.717, 1.165) is 31.4 Å². The zero-order chi connectivity index (χ0) is 18.8. The van der Waals surface area contributed by atoms with Crippen LogP contribution in [-0.2, 0) is 0 Å². The SMILES string of the molecule is Cc1occc1C(=O)N1CCC(NC(C)c2ccc3ncccc3c2)CC1. The number of hydrogen-bond acceptors (Lipinski definition) is 4. The summed E-state index contributed by atoms with van der Waals surface area (Å²) >= 11 is 0. The number of nitrogens with one attached hydrogen (secondary N) is 1. The number of carbonyl (C=O) groups excluding carboxylic acids is 1. The first kappa shape index (κ1) is 17.7. The van der Waals surface area contributed by atoms with Crippen LogP contribution in [0.3, 0.4) is 0 Å². The van der Waals surface area contributed by atoms with Crippen molar-refractivity contribution in [2.75, 3.05) is 13.1 Å². The van der Waals surface area contributed by atoms with Crippen LogP contribution in [0.1, 0.15) is 47.5 Å². The highest BCUT2D eigenvalue weighted by atomic mass is 16.3.